The molecule has 0 aliphatic carbocycles. The van der Waals surface area contributed by atoms with Crippen LogP contribution in [0.25, 0.3) is 0 Å². The van der Waals surface area contributed by atoms with E-state index in [9.17, 15) is 0 Å². The molecular weight excluding hydrogens is 166 g/mol. The van der Waals surface area contributed by atoms with Crippen LogP contribution >= 0.6 is 0 Å². The van der Waals surface area contributed by atoms with Crippen LogP contribution in [0.15, 0.2) is 24.3 Å². The minimum atomic E-state index is -0.833. The molecule has 0 radical (unpaired) electrons. The van der Waals surface area contributed by atoms with E-state index in [2.05, 4.69) is 29.6 Å². The summed E-state index contributed by atoms with van der Waals surface area (Å²) < 4.78 is 0. The zero-order chi connectivity index (χ0) is 9.68. The van der Waals surface area contributed by atoms with Gasteiger partial charge in [-0.25, -0.2) is 0 Å². The first kappa shape index (κ1) is 9.74. The molecule has 3 heteroatoms. The van der Waals surface area contributed by atoms with E-state index >= 15 is 0 Å². The molecule has 0 atom stereocenters. The Morgan fingerprint density at radius 2 is 1.69 bits per heavy atom. The van der Waals surface area contributed by atoms with Crippen molar-refractivity contribution in [1.29, 1.82) is 0 Å². The predicted molar refractivity (Wildman–Crippen MR) is 50.3 cm³/mol. The number of carboxylic acid groups (broad SMARTS) is 1. The zero-order valence-corrected chi connectivity index (χ0v) is 7.58. The maximum atomic E-state index is 9.00. The fourth-order valence-corrected chi connectivity index (χ4v) is 1.23. The molecule has 1 aromatic carbocycles. The minimum Gasteiger partial charge on any atom is -0.481 e. The highest BCUT2D eigenvalue weighted by molar-refractivity contribution is 5.62. The molecule has 0 saturated heterocycles. The van der Waals surface area contributed by atoms with E-state index in [-0.39, 0.29) is 0 Å². The van der Waals surface area contributed by atoms with E-state index in [1.165, 1.54) is 11.1 Å². The summed E-state index contributed by atoms with van der Waals surface area (Å²) in [6.07, 6.45) is 0. The van der Waals surface area contributed by atoms with Gasteiger partial charge in [-0.05, 0) is 11.1 Å². The van der Waals surface area contributed by atoms with Crippen LogP contribution in [0.5, 0.6) is 0 Å². The van der Waals surface area contributed by atoms with Crippen molar-refractivity contribution in [2.75, 3.05) is 0 Å². The average molecular weight is 179 g/mol. The number of rotatable bonds is 0. The SMILES string of the molecule is CC(=O)O.c1ccc2c(c1)CNC2. The van der Waals surface area contributed by atoms with Gasteiger partial charge in [-0.15, -0.1) is 0 Å². The largest absolute Gasteiger partial charge is 0.481 e. The lowest BCUT2D eigenvalue weighted by Crippen LogP contribution is -1.99. The Kier molecular flexibility index (Phi) is 3.46. The number of nitrogens with one attached hydrogen (secondary N) is 1. The number of fused-ring (bicyclic) bond motifs is 1. The number of benzene rings is 1. The average Bonchev–Trinajstić information content (AvgIpc) is 2.49. The van der Waals surface area contributed by atoms with Crippen LogP contribution in [0.4, 0.5) is 0 Å². The number of hydrogen-bond acceptors (Lipinski definition) is 2. The Hall–Kier alpha value is -1.35. The standard InChI is InChI=1S/C8H9N.C2H4O2/c1-2-4-8-6-9-5-7(8)3-1;1-2(3)4/h1-4,9H,5-6H2;1H3,(H,3,4). The zero-order valence-electron chi connectivity index (χ0n) is 7.58. The maximum Gasteiger partial charge on any atom is 0.300 e. The van der Waals surface area contributed by atoms with Crippen LogP contribution in [0.1, 0.15) is 18.1 Å². The van der Waals surface area contributed by atoms with Gasteiger partial charge in [-0.1, -0.05) is 24.3 Å². The van der Waals surface area contributed by atoms with E-state index in [0.717, 1.165) is 20.0 Å². The van der Waals surface area contributed by atoms with E-state index in [1.807, 2.05) is 0 Å². The molecule has 70 valence electrons. The summed E-state index contributed by atoms with van der Waals surface area (Å²) in [6.45, 7) is 3.19. The van der Waals surface area contributed by atoms with Crippen molar-refractivity contribution < 1.29 is 9.90 Å². The van der Waals surface area contributed by atoms with Gasteiger partial charge in [0.25, 0.3) is 5.97 Å². The van der Waals surface area contributed by atoms with Crippen LogP contribution in [0.2, 0.25) is 0 Å². The summed E-state index contributed by atoms with van der Waals surface area (Å²) in [5.41, 5.74) is 2.91. The first-order chi connectivity index (χ1) is 6.20. The monoisotopic (exact) mass is 179 g/mol. The second-order valence-corrected chi connectivity index (χ2v) is 2.89. The lowest BCUT2D eigenvalue weighted by molar-refractivity contribution is -0.134. The summed E-state index contributed by atoms with van der Waals surface area (Å²) in [4.78, 5) is 9.00. The molecule has 0 saturated carbocycles. The van der Waals surface area contributed by atoms with E-state index in [0.29, 0.717) is 0 Å². The number of hydrogen-bond donors (Lipinski definition) is 2. The second-order valence-electron chi connectivity index (χ2n) is 2.89. The third kappa shape index (κ3) is 3.25. The Morgan fingerprint density at radius 1 is 1.31 bits per heavy atom. The molecule has 2 N–H and O–H groups in total. The van der Waals surface area contributed by atoms with Crippen molar-refractivity contribution in [3.63, 3.8) is 0 Å². The van der Waals surface area contributed by atoms with Crippen molar-refractivity contribution in [1.82, 2.24) is 5.32 Å². The number of carboxylic acids is 1. The molecule has 1 heterocycles. The summed E-state index contributed by atoms with van der Waals surface area (Å²) >= 11 is 0. The molecule has 0 fully saturated rings. The molecule has 2 rings (SSSR count). The smallest absolute Gasteiger partial charge is 0.300 e. The van der Waals surface area contributed by atoms with Crippen molar-refractivity contribution in [2.45, 2.75) is 20.0 Å². The third-order valence-corrected chi connectivity index (χ3v) is 1.75. The highest BCUT2D eigenvalue weighted by Gasteiger charge is 2.06. The van der Waals surface area contributed by atoms with Gasteiger partial charge in [0.15, 0.2) is 0 Å². The molecule has 0 spiro atoms. The van der Waals surface area contributed by atoms with Crippen LogP contribution in [-0.4, -0.2) is 11.1 Å². The summed E-state index contributed by atoms with van der Waals surface area (Å²) in [7, 11) is 0. The Balaban J connectivity index is 0.000000184. The Bertz CT molecular complexity index is 270. The van der Waals surface area contributed by atoms with Gasteiger partial charge in [0.1, 0.15) is 0 Å². The normalized spacial score (nSPS) is 12.7. The maximum absolute atomic E-state index is 9.00. The molecule has 3 nitrogen and oxygen atoms in total. The summed E-state index contributed by atoms with van der Waals surface area (Å²) in [5.74, 6) is -0.833. The van der Waals surface area contributed by atoms with Crippen LogP contribution in [-0.2, 0) is 17.9 Å². The number of aliphatic carboxylic acids is 1. The van der Waals surface area contributed by atoms with Crippen molar-refractivity contribution >= 4 is 5.97 Å². The van der Waals surface area contributed by atoms with Crippen LogP contribution < -0.4 is 5.32 Å². The minimum absolute atomic E-state index is 0.833. The highest BCUT2D eigenvalue weighted by Crippen LogP contribution is 2.12. The van der Waals surface area contributed by atoms with Gasteiger partial charge in [-0.3, -0.25) is 4.79 Å². The molecule has 1 aromatic rings. The van der Waals surface area contributed by atoms with Crippen molar-refractivity contribution in [2.24, 2.45) is 0 Å². The van der Waals surface area contributed by atoms with Gasteiger partial charge < -0.3 is 10.4 Å². The molecule has 13 heavy (non-hydrogen) atoms. The van der Waals surface area contributed by atoms with Crippen molar-refractivity contribution in [3.05, 3.63) is 35.4 Å². The second kappa shape index (κ2) is 4.62. The Labute approximate surface area is 77.4 Å². The molecule has 1 aliphatic heterocycles. The van der Waals surface area contributed by atoms with Gasteiger partial charge in [0, 0.05) is 20.0 Å². The van der Waals surface area contributed by atoms with Crippen molar-refractivity contribution in [3.8, 4) is 0 Å². The molecular formula is C10H13NO2. The summed E-state index contributed by atoms with van der Waals surface area (Å²) in [6, 6.07) is 8.53. The molecule has 0 aromatic heterocycles. The molecule has 0 bridgehead atoms. The number of carbonyl (C=O) groups is 1. The van der Waals surface area contributed by atoms with Gasteiger partial charge in [0.05, 0.1) is 0 Å². The van der Waals surface area contributed by atoms with Crippen LogP contribution in [0.3, 0.4) is 0 Å². The van der Waals surface area contributed by atoms with Gasteiger partial charge in [0.2, 0.25) is 0 Å². The topological polar surface area (TPSA) is 49.3 Å². The molecule has 0 amide bonds. The van der Waals surface area contributed by atoms with E-state index in [4.69, 9.17) is 9.90 Å². The van der Waals surface area contributed by atoms with E-state index in [1.54, 1.807) is 0 Å². The lowest BCUT2D eigenvalue weighted by Gasteiger charge is -1.91. The molecule has 1 aliphatic rings. The van der Waals surface area contributed by atoms with Gasteiger partial charge in [-0.2, -0.15) is 0 Å². The fourth-order valence-electron chi connectivity index (χ4n) is 1.23. The van der Waals surface area contributed by atoms with E-state index < -0.39 is 5.97 Å². The quantitative estimate of drug-likeness (QED) is 0.632. The Morgan fingerprint density at radius 3 is 2.08 bits per heavy atom. The highest BCUT2D eigenvalue weighted by atomic mass is 16.4. The van der Waals surface area contributed by atoms with Crippen LogP contribution in [0, 0.1) is 0 Å². The lowest BCUT2D eigenvalue weighted by atomic mass is 10.1. The molecule has 0 unspecified atom stereocenters. The van der Waals surface area contributed by atoms with Gasteiger partial charge >= 0.3 is 0 Å². The first-order valence-electron chi connectivity index (χ1n) is 4.17. The fraction of sp³-hybridized carbons (Fsp3) is 0.300. The predicted octanol–water partition coefficient (Wildman–Crippen LogP) is 1.38. The first-order valence-corrected chi connectivity index (χ1v) is 4.17. The summed E-state index contributed by atoms with van der Waals surface area (Å²) in [5, 5.41) is 10.7. The third-order valence-electron chi connectivity index (χ3n) is 1.75.